The van der Waals surface area contributed by atoms with Gasteiger partial charge in [0, 0.05) is 38.6 Å². The molecule has 1 aromatic carbocycles. The molecule has 2 heterocycles. The first-order chi connectivity index (χ1) is 10.2. The van der Waals surface area contributed by atoms with Gasteiger partial charge in [-0.1, -0.05) is 30.3 Å². The van der Waals surface area contributed by atoms with Gasteiger partial charge >= 0.3 is 0 Å². The molecule has 3 rings (SSSR count). The Bertz CT molecular complexity index is 518. The Labute approximate surface area is 124 Å². The van der Waals surface area contributed by atoms with E-state index < -0.39 is 0 Å². The van der Waals surface area contributed by atoms with Gasteiger partial charge in [0.25, 0.3) is 0 Å². The van der Waals surface area contributed by atoms with Crippen molar-refractivity contribution in [1.82, 2.24) is 15.1 Å². The second-order valence-electron chi connectivity index (χ2n) is 5.68. The van der Waals surface area contributed by atoms with E-state index in [-0.39, 0.29) is 24.4 Å². The predicted octanol–water partition coefficient (Wildman–Crippen LogP) is 0.782. The minimum absolute atomic E-state index is 0.0627. The maximum absolute atomic E-state index is 12.4. The first kappa shape index (κ1) is 14.1. The highest BCUT2D eigenvalue weighted by molar-refractivity contribution is 5.86. The zero-order valence-corrected chi connectivity index (χ0v) is 12.1. The van der Waals surface area contributed by atoms with E-state index in [1.165, 1.54) is 5.56 Å². The molecule has 0 saturated carbocycles. The van der Waals surface area contributed by atoms with Crippen LogP contribution >= 0.6 is 0 Å². The highest BCUT2D eigenvalue weighted by Crippen LogP contribution is 2.17. The molecule has 1 aromatic rings. The van der Waals surface area contributed by atoms with Crippen molar-refractivity contribution in [2.45, 2.75) is 18.9 Å². The van der Waals surface area contributed by atoms with E-state index in [0.29, 0.717) is 19.5 Å². The van der Waals surface area contributed by atoms with E-state index in [9.17, 15) is 9.59 Å². The van der Waals surface area contributed by atoms with E-state index in [2.05, 4.69) is 17.4 Å². The molecule has 0 unspecified atom stereocenters. The van der Waals surface area contributed by atoms with Crippen LogP contribution in [-0.2, 0) is 9.59 Å². The lowest BCUT2D eigenvalue weighted by Crippen LogP contribution is -2.51. The number of nitrogens with one attached hydrogen (secondary N) is 1. The SMILES string of the molecule is O=C1CCCN1CC(=O)N1CCN[C@@H](c2ccccc2)C1. The first-order valence-electron chi connectivity index (χ1n) is 7.58. The molecule has 5 nitrogen and oxygen atoms in total. The summed E-state index contributed by atoms with van der Waals surface area (Å²) < 4.78 is 0. The molecule has 1 atom stereocenters. The predicted molar refractivity (Wildman–Crippen MR) is 79.6 cm³/mol. The van der Waals surface area contributed by atoms with Crippen LogP contribution in [0.5, 0.6) is 0 Å². The number of hydrogen-bond donors (Lipinski definition) is 1. The quantitative estimate of drug-likeness (QED) is 0.894. The lowest BCUT2D eigenvalue weighted by Gasteiger charge is -2.34. The lowest BCUT2D eigenvalue weighted by molar-refractivity contribution is -0.139. The standard InChI is InChI=1S/C16H21N3O2/c20-15-7-4-9-18(15)12-16(21)19-10-8-17-14(11-19)13-5-2-1-3-6-13/h1-3,5-6,14,17H,4,7-12H2/t14-/m1/s1. The molecule has 5 heteroatoms. The number of amides is 2. The zero-order chi connectivity index (χ0) is 14.7. The third-order valence-electron chi connectivity index (χ3n) is 4.23. The Hall–Kier alpha value is -1.88. The average Bonchev–Trinajstić information content (AvgIpc) is 2.93. The molecule has 2 fully saturated rings. The van der Waals surface area contributed by atoms with Crippen molar-refractivity contribution in [3.05, 3.63) is 35.9 Å². The molecule has 2 aliphatic heterocycles. The van der Waals surface area contributed by atoms with Crippen LogP contribution in [0.4, 0.5) is 0 Å². The summed E-state index contributed by atoms with van der Waals surface area (Å²) in [6.07, 6.45) is 1.46. The van der Waals surface area contributed by atoms with Crippen LogP contribution in [0.1, 0.15) is 24.4 Å². The third kappa shape index (κ3) is 3.24. The summed E-state index contributed by atoms with van der Waals surface area (Å²) in [6.45, 7) is 3.13. The number of likely N-dealkylation sites (tertiary alicyclic amines) is 1. The van der Waals surface area contributed by atoms with E-state index >= 15 is 0 Å². The maximum atomic E-state index is 12.4. The highest BCUT2D eigenvalue weighted by Gasteiger charge is 2.28. The molecule has 0 radical (unpaired) electrons. The number of carbonyl (C=O) groups excluding carboxylic acids is 2. The fraction of sp³-hybridized carbons (Fsp3) is 0.500. The van der Waals surface area contributed by atoms with Crippen LogP contribution in [-0.4, -0.2) is 54.3 Å². The summed E-state index contributed by atoms with van der Waals surface area (Å²) in [5.74, 6) is 0.172. The lowest BCUT2D eigenvalue weighted by atomic mass is 10.0. The summed E-state index contributed by atoms with van der Waals surface area (Å²) in [6, 6.07) is 10.4. The van der Waals surface area contributed by atoms with E-state index in [0.717, 1.165) is 19.5 Å². The van der Waals surface area contributed by atoms with E-state index in [4.69, 9.17) is 0 Å². The molecule has 2 aliphatic rings. The smallest absolute Gasteiger partial charge is 0.242 e. The van der Waals surface area contributed by atoms with Crippen molar-refractivity contribution in [1.29, 1.82) is 0 Å². The van der Waals surface area contributed by atoms with Gasteiger partial charge in [0.05, 0.1) is 6.54 Å². The number of rotatable bonds is 3. The Balaban J connectivity index is 1.60. The third-order valence-corrected chi connectivity index (χ3v) is 4.23. The summed E-state index contributed by atoms with van der Waals surface area (Å²) in [4.78, 5) is 27.6. The molecule has 0 aromatic heterocycles. The van der Waals surface area contributed by atoms with Gasteiger partial charge in [0.15, 0.2) is 0 Å². The number of nitrogens with zero attached hydrogens (tertiary/aromatic N) is 2. The van der Waals surface area contributed by atoms with Crippen LogP contribution in [0.3, 0.4) is 0 Å². The van der Waals surface area contributed by atoms with Gasteiger partial charge < -0.3 is 15.1 Å². The van der Waals surface area contributed by atoms with Crippen LogP contribution < -0.4 is 5.32 Å². The molecular weight excluding hydrogens is 266 g/mol. The monoisotopic (exact) mass is 287 g/mol. The Kier molecular flexibility index (Phi) is 4.20. The average molecular weight is 287 g/mol. The normalized spacial score (nSPS) is 22.7. The van der Waals surface area contributed by atoms with Crippen LogP contribution in [0, 0.1) is 0 Å². The summed E-state index contributed by atoms with van der Waals surface area (Å²) in [7, 11) is 0. The van der Waals surface area contributed by atoms with Gasteiger partial charge in [-0.15, -0.1) is 0 Å². The van der Waals surface area contributed by atoms with Crippen LogP contribution in [0.25, 0.3) is 0 Å². The molecule has 112 valence electrons. The van der Waals surface area contributed by atoms with Gasteiger partial charge in [-0.3, -0.25) is 9.59 Å². The number of hydrogen-bond acceptors (Lipinski definition) is 3. The van der Waals surface area contributed by atoms with Crippen molar-refractivity contribution < 1.29 is 9.59 Å². The molecule has 0 bridgehead atoms. The van der Waals surface area contributed by atoms with Crippen molar-refractivity contribution in [3.63, 3.8) is 0 Å². The minimum atomic E-state index is 0.0627. The second kappa shape index (κ2) is 6.26. The molecular formula is C16H21N3O2. The Morgan fingerprint density at radius 1 is 1.24 bits per heavy atom. The van der Waals surface area contributed by atoms with Crippen molar-refractivity contribution in [3.8, 4) is 0 Å². The Morgan fingerprint density at radius 3 is 2.76 bits per heavy atom. The molecule has 21 heavy (non-hydrogen) atoms. The first-order valence-corrected chi connectivity index (χ1v) is 7.58. The van der Waals surface area contributed by atoms with Crippen LogP contribution in [0.15, 0.2) is 30.3 Å². The molecule has 2 saturated heterocycles. The molecule has 0 aliphatic carbocycles. The zero-order valence-electron chi connectivity index (χ0n) is 12.1. The molecule has 0 spiro atoms. The van der Waals surface area contributed by atoms with Crippen molar-refractivity contribution >= 4 is 11.8 Å². The van der Waals surface area contributed by atoms with Gasteiger partial charge in [-0.05, 0) is 12.0 Å². The molecule has 2 amide bonds. The summed E-state index contributed by atoms with van der Waals surface area (Å²) >= 11 is 0. The van der Waals surface area contributed by atoms with Crippen molar-refractivity contribution in [2.75, 3.05) is 32.7 Å². The summed E-state index contributed by atoms with van der Waals surface area (Å²) in [5, 5.41) is 3.45. The fourth-order valence-electron chi connectivity index (χ4n) is 3.02. The van der Waals surface area contributed by atoms with Crippen LogP contribution in [0.2, 0.25) is 0 Å². The fourth-order valence-corrected chi connectivity index (χ4v) is 3.02. The van der Waals surface area contributed by atoms with Gasteiger partial charge in [-0.25, -0.2) is 0 Å². The number of benzene rings is 1. The number of carbonyl (C=O) groups is 2. The van der Waals surface area contributed by atoms with Gasteiger partial charge in [0.2, 0.25) is 11.8 Å². The van der Waals surface area contributed by atoms with E-state index in [1.54, 1.807) is 4.90 Å². The maximum Gasteiger partial charge on any atom is 0.242 e. The topological polar surface area (TPSA) is 52.7 Å². The number of piperazine rings is 1. The second-order valence-corrected chi connectivity index (χ2v) is 5.68. The molecule has 1 N–H and O–H groups in total. The Morgan fingerprint density at radius 2 is 2.05 bits per heavy atom. The minimum Gasteiger partial charge on any atom is -0.338 e. The van der Waals surface area contributed by atoms with Gasteiger partial charge in [0.1, 0.15) is 0 Å². The summed E-state index contributed by atoms with van der Waals surface area (Å²) in [5.41, 5.74) is 1.20. The van der Waals surface area contributed by atoms with Crippen molar-refractivity contribution in [2.24, 2.45) is 0 Å². The largest absolute Gasteiger partial charge is 0.338 e. The highest BCUT2D eigenvalue weighted by atomic mass is 16.2. The van der Waals surface area contributed by atoms with Gasteiger partial charge in [-0.2, -0.15) is 0 Å². The van der Waals surface area contributed by atoms with E-state index in [1.807, 2.05) is 23.1 Å².